The SMILES string of the molecule is Cc1ccccc1N1C(=O)C(=O)/C(=C(\O)c2ccc(Cl)c(Cl)c2)C1c1ccccn1. The highest BCUT2D eigenvalue weighted by Gasteiger charge is 2.47. The summed E-state index contributed by atoms with van der Waals surface area (Å²) in [5.74, 6) is -1.86. The number of amides is 1. The molecule has 0 spiro atoms. The van der Waals surface area contributed by atoms with Crippen LogP contribution in [-0.2, 0) is 9.59 Å². The van der Waals surface area contributed by atoms with Crippen LogP contribution >= 0.6 is 23.2 Å². The third-order valence-electron chi connectivity index (χ3n) is 4.98. The van der Waals surface area contributed by atoms with Gasteiger partial charge < -0.3 is 5.11 Å². The molecular formula is C23H16Cl2N2O3. The number of Topliss-reactive ketones (excluding diaryl/α,β-unsaturated/α-hetero) is 1. The van der Waals surface area contributed by atoms with Crippen LogP contribution in [-0.4, -0.2) is 21.8 Å². The van der Waals surface area contributed by atoms with E-state index in [0.717, 1.165) is 5.56 Å². The van der Waals surface area contributed by atoms with Crippen LogP contribution in [0.4, 0.5) is 5.69 Å². The van der Waals surface area contributed by atoms with Gasteiger partial charge in [0.1, 0.15) is 11.8 Å². The third-order valence-corrected chi connectivity index (χ3v) is 5.72. The van der Waals surface area contributed by atoms with Crippen LogP contribution in [0, 0.1) is 6.92 Å². The smallest absolute Gasteiger partial charge is 0.300 e. The number of aliphatic hydroxyl groups excluding tert-OH is 1. The van der Waals surface area contributed by atoms with Crippen LogP contribution in [0.25, 0.3) is 5.76 Å². The van der Waals surface area contributed by atoms with E-state index in [2.05, 4.69) is 4.98 Å². The van der Waals surface area contributed by atoms with Gasteiger partial charge in [0.25, 0.3) is 11.7 Å². The van der Waals surface area contributed by atoms with Crippen molar-refractivity contribution in [1.29, 1.82) is 0 Å². The Kier molecular flexibility index (Phi) is 5.33. The van der Waals surface area contributed by atoms with Crippen LogP contribution in [0.3, 0.4) is 0 Å². The lowest BCUT2D eigenvalue weighted by atomic mass is 9.98. The first-order valence-corrected chi connectivity index (χ1v) is 9.88. The number of ketones is 1. The standard InChI is InChI=1S/C23H16Cl2N2O3/c1-13-6-2-3-8-18(13)27-20(17-7-4-5-11-26-17)19(22(29)23(27)30)21(28)14-9-10-15(24)16(25)12-14/h2-12,20,28H,1H3/b21-19-. The van der Waals surface area contributed by atoms with E-state index in [1.807, 2.05) is 19.1 Å². The fraction of sp³-hybridized carbons (Fsp3) is 0.0870. The van der Waals surface area contributed by atoms with Gasteiger partial charge in [-0.15, -0.1) is 0 Å². The summed E-state index contributed by atoms with van der Waals surface area (Å²) in [5, 5.41) is 11.6. The van der Waals surface area contributed by atoms with E-state index in [-0.39, 0.29) is 21.9 Å². The molecule has 1 amide bonds. The van der Waals surface area contributed by atoms with Crippen molar-refractivity contribution in [3.8, 4) is 0 Å². The first-order chi connectivity index (χ1) is 14.4. The summed E-state index contributed by atoms with van der Waals surface area (Å²) in [6.07, 6.45) is 1.58. The van der Waals surface area contributed by atoms with E-state index in [0.29, 0.717) is 16.4 Å². The molecule has 0 saturated carbocycles. The molecule has 1 fully saturated rings. The van der Waals surface area contributed by atoms with E-state index >= 15 is 0 Å². The van der Waals surface area contributed by atoms with Gasteiger partial charge in [-0.2, -0.15) is 0 Å². The molecule has 1 N–H and O–H groups in total. The fourth-order valence-electron chi connectivity index (χ4n) is 3.53. The van der Waals surface area contributed by atoms with E-state index in [1.54, 1.807) is 42.6 Å². The monoisotopic (exact) mass is 438 g/mol. The number of aliphatic hydroxyl groups is 1. The summed E-state index contributed by atoms with van der Waals surface area (Å²) < 4.78 is 0. The van der Waals surface area contributed by atoms with Crippen LogP contribution in [0.5, 0.6) is 0 Å². The molecule has 1 aromatic heterocycles. The van der Waals surface area contributed by atoms with Crippen molar-refractivity contribution < 1.29 is 14.7 Å². The van der Waals surface area contributed by atoms with Gasteiger partial charge >= 0.3 is 0 Å². The number of hydrogen-bond donors (Lipinski definition) is 1. The maximum absolute atomic E-state index is 13.1. The molecule has 3 aromatic rings. The molecule has 150 valence electrons. The topological polar surface area (TPSA) is 70.5 Å². The first kappa shape index (κ1) is 20.1. The van der Waals surface area contributed by atoms with Crippen LogP contribution in [0.1, 0.15) is 22.9 Å². The van der Waals surface area contributed by atoms with Gasteiger partial charge in [0.2, 0.25) is 0 Å². The molecule has 0 radical (unpaired) electrons. The Morgan fingerprint density at radius 3 is 2.40 bits per heavy atom. The largest absolute Gasteiger partial charge is 0.507 e. The highest BCUT2D eigenvalue weighted by Crippen LogP contribution is 2.42. The number of pyridine rings is 1. The number of rotatable bonds is 3. The molecular weight excluding hydrogens is 423 g/mol. The Hall–Kier alpha value is -3.15. The lowest BCUT2D eigenvalue weighted by Gasteiger charge is -2.26. The minimum absolute atomic E-state index is 0.0552. The number of carbonyl (C=O) groups excluding carboxylic acids is 2. The van der Waals surface area contributed by atoms with E-state index < -0.39 is 17.7 Å². The second-order valence-corrected chi connectivity index (χ2v) is 7.65. The molecule has 0 aliphatic carbocycles. The van der Waals surface area contributed by atoms with Crippen molar-refractivity contribution in [3.63, 3.8) is 0 Å². The van der Waals surface area contributed by atoms with Crippen LogP contribution in [0.15, 0.2) is 72.4 Å². The van der Waals surface area contributed by atoms with Gasteiger partial charge in [-0.25, -0.2) is 0 Å². The summed E-state index contributed by atoms with van der Waals surface area (Å²) >= 11 is 12.1. The van der Waals surface area contributed by atoms with Gasteiger partial charge in [0.05, 0.1) is 21.3 Å². The van der Waals surface area contributed by atoms with Gasteiger partial charge in [-0.1, -0.05) is 47.5 Å². The average Bonchev–Trinajstić information content (AvgIpc) is 3.01. The average molecular weight is 439 g/mol. The van der Waals surface area contributed by atoms with Crippen molar-refractivity contribution in [2.45, 2.75) is 13.0 Å². The van der Waals surface area contributed by atoms with Crippen molar-refractivity contribution in [3.05, 3.63) is 99.3 Å². The molecule has 1 saturated heterocycles. The molecule has 5 nitrogen and oxygen atoms in total. The Balaban J connectivity index is 1.97. The summed E-state index contributed by atoms with van der Waals surface area (Å²) in [6.45, 7) is 1.85. The molecule has 0 bridgehead atoms. The van der Waals surface area contributed by atoms with Crippen molar-refractivity contribution >= 4 is 46.3 Å². The predicted molar refractivity (Wildman–Crippen MR) is 117 cm³/mol. The quantitative estimate of drug-likeness (QED) is 0.341. The minimum atomic E-state index is -0.887. The number of anilines is 1. The lowest BCUT2D eigenvalue weighted by Crippen LogP contribution is -2.30. The van der Waals surface area contributed by atoms with Crippen molar-refractivity contribution in [2.75, 3.05) is 4.90 Å². The summed E-state index contributed by atoms with van der Waals surface area (Å²) in [5.41, 5.74) is 2.08. The number of hydrogen-bond acceptors (Lipinski definition) is 4. The highest BCUT2D eigenvalue weighted by molar-refractivity contribution is 6.52. The van der Waals surface area contributed by atoms with Crippen LogP contribution < -0.4 is 4.90 Å². The molecule has 1 aliphatic rings. The maximum atomic E-state index is 13.1. The van der Waals surface area contributed by atoms with Crippen LogP contribution in [0.2, 0.25) is 10.0 Å². The van der Waals surface area contributed by atoms with E-state index in [9.17, 15) is 14.7 Å². The third kappa shape index (κ3) is 3.36. The van der Waals surface area contributed by atoms with Gasteiger partial charge in [-0.05, 0) is 48.9 Å². The lowest BCUT2D eigenvalue weighted by molar-refractivity contribution is -0.132. The van der Waals surface area contributed by atoms with E-state index in [4.69, 9.17) is 23.2 Å². The normalized spacial score (nSPS) is 18.1. The molecule has 30 heavy (non-hydrogen) atoms. The molecule has 2 aromatic carbocycles. The zero-order chi connectivity index (χ0) is 21.4. The summed E-state index contributed by atoms with van der Waals surface area (Å²) in [4.78, 5) is 31.9. The second-order valence-electron chi connectivity index (χ2n) is 6.84. The Bertz CT molecular complexity index is 1190. The number of benzene rings is 2. The fourth-order valence-corrected chi connectivity index (χ4v) is 3.83. The zero-order valence-corrected chi connectivity index (χ0v) is 17.4. The number of halogens is 2. The number of para-hydroxylation sites is 1. The summed E-state index contributed by atoms with van der Waals surface area (Å²) in [7, 11) is 0. The molecule has 1 unspecified atom stereocenters. The Morgan fingerprint density at radius 1 is 1.00 bits per heavy atom. The summed E-state index contributed by atoms with van der Waals surface area (Å²) in [6, 6.07) is 16.1. The van der Waals surface area contributed by atoms with Gasteiger partial charge in [0, 0.05) is 17.4 Å². The number of aromatic nitrogens is 1. The highest BCUT2D eigenvalue weighted by atomic mass is 35.5. The predicted octanol–water partition coefficient (Wildman–Crippen LogP) is 5.32. The molecule has 7 heteroatoms. The molecule has 1 aliphatic heterocycles. The van der Waals surface area contributed by atoms with Crippen molar-refractivity contribution in [1.82, 2.24) is 4.98 Å². The van der Waals surface area contributed by atoms with Gasteiger partial charge in [0.15, 0.2) is 0 Å². The number of carbonyl (C=O) groups is 2. The maximum Gasteiger partial charge on any atom is 0.300 e. The Labute approximate surface area is 183 Å². The Morgan fingerprint density at radius 2 is 1.73 bits per heavy atom. The second kappa shape index (κ2) is 7.94. The number of aryl methyl sites for hydroxylation is 1. The minimum Gasteiger partial charge on any atom is -0.507 e. The zero-order valence-electron chi connectivity index (χ0n) is 15.8. The van der Waals surface area contributed by atoms with Gasteiger partial charge in [-0.3, -0.25) is 19.5 Å². The number of nitrogens with zero attached hydrogens (tertiary/aromatic N) is 2. The van der Waals surface area contributed by atoms with Crippen molar-refractivity contribution in [2.24, 2.45) is 0 Å². The first-order valence-electron chi connectivity index (χ1n) is 9.13. The molecule has 2 heterocycles. The molecule has 4 rings (SSSR count). The molecule has 1 atom stereocenters. The van der Waals surface area contributed by atoms with E-state index in [1.165, 1.54) is 17.0 Å².